The second kappa shape index (κ2) is 11.2. The second-order valence-electron chi connectivity index (χ2n) is 11.8. The summed E-state index contributed by atoms with van der Waals surface area (Å²) in [4.78, 5) is 26.8. The molecule has 1 aromatic carbocycles. The number of hydrogen-bond acceptors (Lipinski definition) is 7. The number of allylic oxidation sites excluding steroid dienone is 1. The van der Waals surface area contributed by atoms with Gasteiger partial charge in [-0.05, 0) is 74.2 Å². The number of nitrogens with one attached hydrogen (secondary N) is 1. The molecular weight excluding hydrogens is 541 g/mol. The van der Waals surface area contributed by atoms with Crippen LogP contribution in [0.4, 0.5) is 5.00 Å². The Labute approximate surface area is 243 Å². The quantitative estimate of drug-likeness (QED) is 0.163. The monoisotopic (exact) mass is 576 g/mol. The lowest BCUT2D eigenvalue weighted by atomic mass is 9.49. The zero-order valence-electron chi connectivity index (χ0n) is 23.2. The number of carbonyl (C=O) groups excluding carboxylic acids is 2. The van der Waals surface area contributed by atoms with E-state index in [1.807, 2.05) is 43.3 Å². The maximum absolute atomic E-state index is 13.1. The molecule has 40 heavy (non-hydrogen) atoms. The van der Waals surface area contributed by atoms with Crippen LogP contribution in [0.1, 0.15) is 59.6 Å². The van der Waals surface area contributed by atoms with Crippen molar-refractivity contribution in [1.82, 2.24) is 14.8 Å². The van der Waals surface area contributed by atoms with E-state index in [0.29, 0.717) is 22.5 Å². The summed E-state index contributed by atoms with van der Waals surface area (Å²) in [7, 11) is 1.36. The number of methoxy groups -OCH3 is 1. The third kappa shape index (κ3) is 5.26. The number of nitrogens with zero attached hydrogens (tertiary/aromatic N) is 3. The number of carbonyl (C=O) groups is 2. The van der Waals surface area contributed by atoms with Gasteiger partial charge in [0.1, 0.15) is 16.4 Å². The number of aryl methyl sites for hydroxylation is 1. The molecule has 4 fully saturated rings. The molecule has 4 bridgehead atoms. The normalized spacial score (nSPS) is 24.7. The Balaban J connectivity index is 1.17. The van der Waals surface area contributed by atoms with Crippen molar-refractivity contribution < 1.29 is 14.3 Å². The number of amides is 1. The largest absolute Gasteiger partial charge is 0.465 e. The van der Waals surface area contributed by atoms with Gasteiger partial charge in [0.2, 0.25) is 5.91 Å². The second-order valence-corrected chi connectivity index (χ2v) is 14.0. The van der Waals surface area contributed by atoms with Gasteiger partial charge in [0.15, 0.2) is 5.16 Å². The molecule has 2 aromatic heterocycles. The molecule has 0 atom stereocenters. The third-order valence-electron chi connectivity index (χ3n) is 8.92. The minimum atomic E-state index is -0.466. The maximum Gasteiger partial charge on any atom is 0.341 e. The molecule has 4 aliphatic carbocycles. The van der Waals surface area contributed by atoms with E-state index >= 15 is 0 Å². The molecule has 4 saturated carbocycles. The average molecular weight is 577 g/mol. The van der Waals surface area contributed by atoms with E-state index in [0.717, 1.165) is 51.2 Å². The van der Waals surface area contributed by atoms with Crippen molar-refractivity contribution in [3.05, 3.63) is 59.3 Å². The van der Waals surface area contributed by atoms with Crippen molar-refractivity contribution in [3.63, 3.8) is 0 Å². The smallest absolute Gasteiger partial charge is 0.341 e. The molecule has 2 heterocycles. The number of hydrogen-bond donors (Lipinski definition) is 1. The average Bonchev–Trinajstić information content (AvgIpc) is 3.45. The zero-order chi connectivity index (χ0) is 27.9. The van der Waals surface area contributed by atoms with Crippen molar-refractivity contribution in [2.45, 2.75) is 63.6 Å². The van der Waals surface area contributed by atoms with E-state index in [2.05, 4.69) is 26.7 Å². The van der Waals surface area contributed by atoms with E-state index in [9.17, 15) is 9.59 Å². The molecule has 0 unspecified atom stereocenters. The van der Waals surface area contributed by atoms with Gasteiger partial charge >= 0.3 is 5.97 Å². The van der Waals surface area contributed by atoms with E-state index in [1.54, 1.807) is 0 Å². The highest BCUT2D eigenvalue weighted by Gasteiger charge is 2.51. The molecule has 4 aliphatic rings. The highest BCUT2D eigenvalue weighted by Crippen LogP contribution is 2.61. The molecule has 0 radical (unpaired) electrons. The van der Waals surface area contributed by atoms with Gasteiger partial charge < -0.3 is 14.6 Å². The van der Waals surface area contributed by atoms with E-state index < -0.39 is 5.97 Å². The van der Waals surface area contributed by atoms with Gasteiger partial charge in [0.05, 0.1) is 12.9 Å². The number of esters is 1. The predicted molar refractivity (Wildman–Crippen MR) is 160 cm³/mol. The summed E-state index contributed by atoms with van der Waals surface area (Å²) in [5.74, 6) is 3.16. The third-order valence-corrected chi connectivity index (χ3v) is 10.9. The predicted octanol–water partition coefficient (Wildman–Crippen LogP) is 6.78. The van der Waals surface area contributed by atoms with Crippen LogP contribution in [-0.2, 0) is 22.5 Å². The molecule has 7 nitrogen and oxygen atoms in total. The minimum Gasteiger partial charge on any atom is -0.465 e. The summed E-state index contributed by atoms with van der Waals surface area (Å²) in [6, 6.07) is 9.70. The zero-order valence-corrected chi connectivity index (χ0v) is 24.8. The lowest BCUT2D eigenvalue weighted by Crippen LogP contribution is -2.47. The highest BCUT2D eigenvalue weighted by molar-refractivity contribution is 7.99. The fourth-order valence-electron chi connectivity index (χ4n) is 7.89. The Morgan fingerprint density at radius 1 is 1.15 bits per heavy atom. The van der Waals surface area contributed by atoms with Gasteiger partial charge in [-0.1, -0.05) is 48.2 Å². The lowest BCUT2D eigenvalue weighted by Gasteiger charge is -2.56. The van der Waals surface area contributed by atoms with Crippen molar-refractivity contribution in [2.75, 3.05) is 18.2 Å². The van der Waals surface area contributed by atoms with Gasteiger partial charge in [-0.25, -0.2) is 4.79 Å². The first-order chi connectivity index (χ1) is 19.4. The maximum atomic E-state index is 13.1. The first-order valence-electron chi connectivity index (χ1n) is 14.1. The summed E-state index contributed by atoms with van der Waals surface area (Å²) in [6.45, 7) is 6.53. The number of anilines is 1. The summed E-state index contributed by atoms with van der Waals surface area (Å²) >= 11 is 2.76. The van der Waals surface area contributed by atoms with E-state index in [1.165, 1.54) is 68.7 Å². The highest BCUT2D eigenvalue weighted by atomic mass is 32.2. The van der Waals surface area contributed by atoms with Gasteiger partial charge in [-0.3, -0.25) is 4.79 Å². The van der Waals surface area contributed by atoms with Crippen LogP contribution in [0.15, 0.2) is 48.1 Å². The topological polar surface area (TPSA) is 86.1 Å². The minimum absolute atomic E-state index is 0.158. The number of aromatic nitrogens is 3. The molecular formula is C31H36N4O3S2. The van der Waals surface area contributed by atoms with Gasteiger partial charge in [-0.2, -0.15) is 0 Å². The first-order valence-corrected chi connectivity index (χ1v) is 15.9. The SMILES string of the molecule is C=CCn1c(CC23CC4CC(CC(C4)C2)C3)nnc1SCC(=O)Nc1sc(C)c(-c2ccccc2)c1C(=O)OC. The van der Waals surface area contributed by atoms with Crippen LogP contribution in [0.25, 0.3) is 11.1 Å². The molecule has 0 saturated heterocycles. The summed E-state index contributed by atoms with van der Waals surface area (Å²) in [6.07, 6.45) is 11.0. The number of thioether (sulfide) groups is 1. The number of rotatable bonds is 10. The van der Waals surface area contributed by atoms with E-state index in [-0.39, 0.29) is 11.7 Å². The first kappa shape index (κ1) is 27.3. The molecule has 7 rings (SSSR count). The number of benzene rings is 1. The van der Waals surface area contributed by atoms with Crippen molar-refractivity contribution >= 4 is 40.0 Å². The Kier molecular flexibility index (Phi) is 7.61. The standard InChI is InChI=1S/C31H36N4O3S2/c1-4-10-35-24(17-31-14-20-11-21(15-31)13-22(12-20)16-31)33-34-30(35)39-18-25(36)32-28-27(29(37)38-3)26(19(2)40-28)23-8-6-5-7-9-23/h4-9,20-22H,1,10-18H2,2-3H3,(H,32,36). The van der Waals surface area contributed by atoms with Crippen LogP contribution in [0.3, 0.4) is 0 Å². The van der Waals surface area contributed by atoms with Crippen LogP contribution in [-0.4, -0.2) is 39.5 Å². The Morgan fingerprint density at radius 2 is 1.82 bits per heavy atom. The molecule has 9 heteroatoms. The summed E-state index contributed by atoms with van der Waals surface area (Å²) < 4.78 is 7.22. The Hall–Kier alpha value is -2.91. The molecule has 1 amide bonds. The molecule has 0 aliphatic heterocycles. The molecule has 1 N–H and O–H groups in total. The summed E-state index contributed by atoms with van der Waals surface area (Å²) in [5.41, 5.74) is 2.45. The number of thiophene rings is 1. The molecule has 3 aromatic rings. The fourth-order valence-corrected chi connectivity index (χ4v) is 9.73. The number of ether oxygens (including phenoxy) is 1. The Morgan fingerprint density at radius 3 is 2.45 bits per heavy atom. The van der Waals surface area contributed by atoms with Crippen LogP contribution in [0, 0.1) is 30.1 Å². The van der Waals surface area contributed by atoms with Gasteiger partial charge in [0.25, 0.3) is 0 Å². The van der Waals surface area contributed by atoms with Crippen molar-refractivity contribution in [2.24, 2.45) is 23.2 Å². The van der Waals surface area contributed by atoms with Crippen LogP contribution in [0.2, 0.25) is 0 Å². The van der Waals surface area contributed by atoms with E-state index in [4.69, 9.17) is 4.74 Å². The van der Waals surface area contributed by atoms with Crippen LogP contribution < -0.4 is 5.32 Å². The van der Waals surface area contributed by atoms with Crippen molar-refractivity contribution in [3.8, 4) is 11.1 Å². The van der Waals surface area contributed by atoms with Crippen LogP contribution >= 0.6 is 23.1 Å². The summed E-state index contributed by atoms with van der Waals surface area (Å²) in [5, 5.41) is 13.3. The van der Waals surface area contributed by atoms with Crippen LogP contribution in [0.5, 0.6) is 0 Å². The van der Waals surface area contributed by atoms with Gasteiger partial charge in [0, 0.05) is 23.4 Å². The molecule has 0 spiro atoms. The van der Waals surface area contributed by atoms with Gasteiger partial charge in [-0.15, -0.1) is 28.1 Å². The molecule has 210 valence electrons. The van der Waals surface area contributed by atoms with Crippen molar-refractivity contribution in [1.29, 1.82) is 0 Å². The Bertz CT molecular complexity index is 1390. The fraction of sp³-hybridized carbons (Fsp3) is 0.484. The lowest BCUT2D eigenvalue weighted by molar-refractivity contribution is -0.113.